The van der Waals surface area contributed by atoms with Crippen molar-refractivity contribution < 1.29 is 1.43 Å². The van der Waals surface area contributed by atoms with E-state index in [0.717, 1.165) is 11.9 Å². The Balaban J connectivity index is 0.000000845. The molecule has 1 heteroatoms. The largest absolute Gasteiger partial charge is 1.00 e. The molecule has 59 valence electrons. The lowest BCUT2D eigenvalue weighted by Crippen LogP contribution is -1.83. The monoisotopic (exact) mass is 157 g/mol. The number of para-hydroxylation sites is 1. The molecule has 0 bridgehead atoms. The topological polar surface area (TPSA) is 12.9 Å². The Labute approximate surface area is 73.5 Å². The van der Waals surface area contributed by atoms with Crippen molar-refractivity contribution in [1.82, 2.24) is 4.98 Å². The van der Waals surface area contributed by atoms with Crippen molar-refractivity contribution in [3.63, 3.8) is 0 Å². The van der Waals surface area contributed by atoms with E-state index in [1.807, 2.05) is 24.4 Å². The molecule has 0 spiro atoms. The fourth-order valence-corrected chi connectivity index (χ4v) is 1.25. The highest BCUT2D eigenvalue weighted by molar-refractivity contribution is 5.78. The van der Waals surface area contributed by atoms with Crippen LogP contribution in [0.1, 0.15) is 6.99 Å². The summed E-state index contributed by atoms with van der Waals surface area (Å²) in [6, 6.07) is 10.2. The van der Waals surface area contributed by atoms with Gasteiger partial charge >= 0.3 is 1.43 Å². The Kier molecular flexibility index (Phi) is 1.78. The third kappa shape index (κ3) is 1.18. The van der Waals surface area contributed by atoms with Gasteiger partial charge in [0.05, 0.1) is 5.52 Å². The smallest absolute Gasteiger partial charge is 0.256 e. The normalized spacial score (nSPS) is 10.4. The van der Waals surface area contributed by atoms with Gasteiger partial charge in [0.2, 0.25) is 0 Å². The predicted octanol–water partition coefficient (Wildman–Crippen LogP) is 2.72. The van der Waals surface area contributed by atoms with Gasteiger partial charge in [0.15, 0.2) is 0 Å². The second kappa shape index (κ2) is 2.94. The van der Waals surface area contributed by atoms with Crippen molar-refractivity contribution in [1.29, 1.82) is 0 Å². The zero-order valence-electron chi connectivity index (χ0n) is 7.83. The molecule has 0 aliphatic rings. The Morgan fingerprint density at radius 3 is 3.00 bits per heavy atom. The van der Waals surface area contributed by atoms with E-state index in [1.54, 1.807) is 0 Å². The van der Waals surface area contributed by atoms with Crippen LogP contribution in [-0.2, 0) is 6.42 Å². The van der Waals surface area contributed by atoms with E-state index < -0.39 is 0 Å². The summed E-state index contributed by atoms with van der Waals surface area (Å²) in [6.45, 7) is 3.82. The van der Waals surface area contributed by atoms with Crippen molar-refractivity contribution in [2.75, 3.05) is 0 Å². The Hall–Kier alpha value is -1.37. The lowest BCUT2D eigenvalue weighted by Gasteiger charge is -1.98. The number of hydrogen-bond donors (Lipinski definition) is 0. The first-order valence-electron chi connectivity index (χ1n) is 4.03. The standard InChI is InChI=1S/C11H10N/c1-2-9-7-10-5-3-4-6-11(10)12-8-9/h3-8H,1-2H2/p+1. The average molecular weight is 157 g/mol. The number of hydrogen-bond acceptors (Lipinski definition) is 1. The second-order valence-electron chi connectivity index (χ2n) is 2.79. The molecule has 0 N–H and O–H groups in total. The van der Waals surface area contributed by atoms with E-state index >= 15 is 0 Å². The van der Waals surface area contributed by atoms with E-state index in [4.69, 9.17) is 0 Å². The van der Waals surface area contributed by atoms with Crippen LogP contribution in [0.5, 0.6) is 0 Å². The van der Waals surface area contributed by atoms with Crippen LogP contribution < -0.4 is 0 Å². The molecule has 0 aliphatic heterocycles. The minimum absolute atomic E-state index is 0. The van der Waals surface area contributed by atoms with Crippen LogP contribution in [-0.4, -0.2) is 4.98 Å². The predicted molar refractivity (Wildman–Crippen MR) is 51.9 cm³/mol. The second-order valence-corrected chi connectivity index (χ2v) is 2.79. The lowest BCUT2D eigenvalue weighted by molar-refractivity contribution is 1.22. The van der Waals surface area contributed by atoms with E-state index in [-0.39, 0.29) is 1.43 Å². The molecule has 2 rings (SSSR count). The number of aromatic nitrogens is 1. The Morgan fingerprint density at radius 1 is 1.33 bits per heavy atom. The number of rotatable bonds is 1. The van der Waals surface area contributed by atoms with E-state index in [9.17, 15) is 0 Å². The SMILES string of the molecule is [CH2]Cc1cnc2ccccc2c1.[H+]. The van der Waals surface area contributed by atoms with E-state index in [2.05, 4.69) is 24.0 Å². The Bertz CT molecular complexity index is 398. The molecule has 0 fully saturated rings. The van der Waals surface area contributed by atoms with Crippen LogP contribution in [0.15, 0.2) is 36.5 Å². The summed E-state index contributed by atoms with van der Waals surface area (Å²) < 4.78 is 0. The Morgan fingerprint density at radius 2 is 2.17 bits per heavy atom. The third-order valence-corrected chi connectivity index (χ3v) is 1.94. The number of fused-ring (bicyclic) bond motifs is 1. The minimum atomic E-state index is 0. The third-order valence-electron chi connectivity index (χ3n) is 1.94. The first kappa shape index (κ1) is 7.29. The van der Waals surface area contributed by atoms with Gasteiger partial charge in [-0.15, -0.1) is 0 Å². The van der Waals surface area contributed by atoms with Gasteiger partial charge in [-0.05, 0) is 31.0 Å². The molecule has 0 aliphatic carbocycles. The van der Waals surface area contributed by atoms with Crippen LogP contribution >= 0.6 is 0 Å². The summed E-state index contributed by atoms with van der Waals surface area (Å²) in [7, 11) is 0. The van der Waals surface area contributed by atoms with Crippen molar-refractivity contribution in [3.8, 4) is 0 Å². The summed E-state index contributed by atoms with van der Waals surface area (Å²) in [4.78, 5) is 4.31. The van der Waals surface area contributed by atoms with Gasteiger partial charge in [0.1, 0.15) is 0 Å². The van der Waals surface area contributed by atoms with Gasteiger partial charge in [-0.2, -0.15) is 0 Å². The first-order valence-corrected chi connectivity index (χ1v) is 4.03. The van der Waals surface area contributed by atoms with Gasteiger partial charge in [-0.25, -0.2) is 0 Å². The maximum Gasteiger partial charge on any atom is 1.00 e. The van der Waals surface area contributed by atoms with Crippen molar-refractivity contribution >= 4 is 10.9 Å². The molecule has 1 aromatic carbocycles. The fraction of sp³-hybridized carbons (Fsp3) is 0.0909. The highest BCUT2D eigenvalue weighted by Gasteiger charge is 1.93. The van der Waals surface area contributed by atoms with Crippen molar-refractivity contribution in [3.05, 3.63) is 49.0 Å². The van der Waals surface area contributed by atoms with Gasteiger partial charge in [0, 0.05) is 11.6 Å². The average Bonchev–Trinajstić information content (AvgIpc) is 2.17. The van der Waals surface area contributed by atoms with Crippen LogP contribution in [0, 0.1) is 6.92 Å². The molecule has 12 heavy (non-hydrogen) atoms. The summed E-state index contributed by atoms with van der Waals surface area (Å²) in [6.07, 6.45) is 2.69. The number of nitrogens with zero attached hydrogens (tertiary/aromatic N) is 1. The summed E-state index contributed by atoms with van der Waals surface area (Å²) in [5, 5.41) is 1.19. The minimum Gasteiger partial charge on any atom is -0.256 e. The maximum atomic E-state index is 4.31. The van der Waals surface area contributed by atoms with Crippen LogP contribution in [0.2, 0.25) is 0 Å². The van der Waals surface area contributed by atoms with E-state index in [0.29, 0.717) is 0 Å². The first-order chi connectivity index (χ1) is 5.90. The summed E-state index contributed by atoms with van der Waals surface area (Å²) in [5.74, 6) is 0. The number of benzene rings is 1. The van der Waals surface area contributed by atoms with Gasteiger partial charge in [-0.1, -0.05) is 18.2 Å². The van der Waals surface area contributed by atoms with Crippen molar-refractivity contribution in [2.24, 2.45) is 0 Å². The molecule has 0 saturated carbocycles. The molecular formula is C11H11N+. The zero-order valence-corrected chi connectivity index (χ0v) is 6.83. The highest BCUT2D eigenvalue weighted by atomic mass is 14.6. The van der Waals surface area contributed by atoms with Crippen LogP contribution in [0.3, 0.4) is 0 Å². The van der Waals surface area contributed by atoms with Crippen molar-refractivity contribution in [2.45, 2.75) is 6.42 Å². The molecule has 1 heterocycles. The fourth-order valence-electron chi connectivity index (χ4n) is 1.25. The molecule has 1 aromatic heterocycles. The highest BCUT2D eigenvalue weighted by Crippen LogP contribution is 2.12. The molecule has 1 radical (unpaired) electrons. The number of pyridine rings is 1. The molecule has 0 atom stereocenters. The van der Waals surface area contributed by atoms with Gasteiger partial charge < -0.3 is 0 Å². The summed E-state index contributed by atoms with van der Waals surface area (Å²) >= 11 is 0. The molecule has 0 amide bonds. The quantitative estimate of drug-likeness (QED) is 0.620. The zero-order chi connectivity index (χ0) is 8.39. The van der Waals surface area contributed by atoms with Gasteiger partial charge in [0.25, 0.3) is 0 Å². The molecule has 0 saturated heterocycles. The van der Waals surface area contributed by atoms with Crippen LogP contribution in [0.4, 0.5) is 0 Å². The van der Waals surface area contributed by atoms with Crippen LogP contribution in [0.25, 0.3) is 10.9 Å². The molecule has 1 nitrogen and oxygen atoms in total. The lowest BCUT2D eigenvalue weighted by atomic mass is 10.1. The molecule has 2 aromatic rings. The molecule has 0 unspecified atom stereocenters. The maximum absolute atomic E-state index is 4.31. The summed E-state index contributed by atoms with van der Waals surface area (Å²) in [5.41, 5.74) is 2.24. The van der Waals surface area contributed by atoms with Gasteiger partial charge in [-0.3, -0.25) is 4.98 Å². The molecular weight excluding hydrogens is 146 g/mol. The van der Waals surface area contributed by atoms with E-state index in [1.165, 1.54) is 10.9 Å².